The molecular formula is C26H35N5O2. The molecule has 1 saturated heterocycles. The number of likely N-dealkylation sites (tertiary alicyclic amines) is 1. The van der Waals surface area contributed by atoms with Crippen LogP contribution >= 0.6 is 0 Å². The Labute approximate surface area is 197 Å². The molecule has 1 fully saturated rings. The normalized spacial score (nSPS) is 15.9. The van der Waals surface area contributed by atoms with Gasteiger partial charge in [0.05, 0.1) is 5.71 Å². The summed E-state index contributed by atoms with van der Waals surface area (Å²) in [6.07, 6.45) is 8.68. The molecule has 1 aromatic carbocycles. The lowest BCUT2D eigenvalue weighted by atomic mass is 9.96. The second-order valence-corrected chi connectivity index (χ2v) is 8.35. The Morgan fingerprint density at radius 3 is 2.64 bits per heavy atom. The summed E-state index contributed by atoms with van der Waals surface area (Å²) in [5, 5.41) is 12.0. The third-order valence-electron chi connectivity index (χ3n) is 5.70. The van der Waals surface area contributed by atoms with Gasteiger partial charge >= 0.3 is 0 Å². The summed E-state index contributed by atoms with van der Waals surface area (Å²) >= 11 is 0. The van der Waals surface area contributed by atoms with Crippen LogP contribution in [0.3, 0.4) is 0 Å². The molecule has 0 unspecified atom stereocenters. The fraction of sp³-hybridized carbons (Fsp3) is 0.423. The number of hydrogen-bond donors (Lipinski definition) is 1. The largest absolute Gasteiger partial charge is 0.491 e. The Bertz CT molecular complexity index is 933. The third-order valence-corrected chi connectivity index (χ3v) is 5.70. The number of rotatable bonds is 11. The minimum absolute atomic E-state index is 0.192. The molecule has 2 N–H and O–H groups in total. The minimum Gasteiger partial charge on any atom is -0.491 e. The van der Waals surface area contributed by atoms with Gasteiger partial charge in [0.15, 0.2) is 0 Å². The van der Waals surface area contributed by atoms with E-state index in [0.717, 1.165) is 73.5 Å². The van der Waals surface area contributed by atoms with Crippen LogP contribution in [0.25, 0.3) is 5.57 Å². The molecule has 7 nitrogen and oxygen atoms in total. The van der Waals surface area contributed by atoms with Crippen LogP contribution in [0, 0.1) is 0 Å². The number of benzene rings is 1. The number of hydrazone groups is 1. The smallest absolute Gasteiger partial charge is 0.132 e. The number of nitrogens with zero attached hydrogens (tertiary/aromatic N) is 4. The predicted molar refractivity (Wildman–Crippen MR) is 133 cm³/mol. The second kappa shape index (κ2) is 12.7. The van der Waals surface area contributed by atoms with E-state index in [2.05, 4.69) is 40.7 Å². The van der Waals surface area contributed by atoms with Crippen molar-refractivity contribution in [3.8, 4) is 5.75 Å². The Kier molecular flexibility index (Phi) is 9.44. The maximum absolute atomic E-state index is 6.17. The standard InChI is InChI=1S/C26H35N5O2/c1-4-5-8-26(29-27)25(18-20(2)33-24-13-16-31(3)17-14-24)21-9-11-23(12-10-21)32-19-22-7-6-15-28-30-22/h6-7,9-12,15,18,24H,2,4-5,8,13-14,16-17,19,27H2,1,3H3/b25-18-,29-26-. The predicted octanol–water partition coefficient (Wildman–Crippen LogP) is 4.57. The summed E-state index contributed by atoms with van der Waals surface area (Å²) in [5.74, 6) is 7.20. The van der Waals surface area contributed by atoms with E-state index in [1.165, 1.54) is 0 Å². The Hall–Kier alpha value is -3.19. The Morgan fingerprint density at radius 1 is 1.24 bits per heavy atom. The van der Waals surface area contributed by atoms with Gasteiger partial charge in [0, 0.05) is 24.9 Å². The van der Waals surface area contributed by atoms with Crippen molar-refractivity contribution >= 4 is 11.3 Å². The summed E-state index contributed by atoms with van der Waals surface area (Å²) in [5.41, 5.74) is 3.56. The molecule has 2 heterocycles. The van der Waals surface area contributed by atoms with Gasteiger partial charge in [-0.15, -0.1) is 0 Å². The summed E-state index contributed by atoms with van der Waals surface area (Å²) < 4.78 is 12.0. The van der Waals surface area contributed by atoms with E-state index in [1.54, 1.807) is 6.20 Å². The number of aromatic nitrogens is 2. The number of nitrogens with two attached hydrogens (primary N) is 1. The molecule has 176 valence electrons. The molecule has 1 aliphatic rings. The molecule has 7 heteroatoms. The maximum atomic E-state index is 6.17. The van der Waals surface area contributed by atoms with Crippen LogP contribution in [0.5, 0.6) is 5.75 Å². The first-order valence-electron chi connectivity index (χ1n) is 11.6. The minimum atomic E-state index is 0.192. The average Bonchev–Trinajstić information content (AvgIpc) is 2.85. The van der Waals surface area contributed by atoms with E-state index in [0.29, 0.717) is 12.4 Å². The van der Waals surface area contributed by atoms with Crippen LogP contribution in [0.4, 0.5) is 0 Å². The van der Waals surface area contributed by atoms with Crippen molar-refractivity contribution in [1.82, 2.24) is 15.1 Å². The van der Waals surface area contributed by atoms with Crippen molar-refractivity contribution < 1.29 is 9.47 Å². The van der Waals surface area contributed by atoms with E-state index in [9.17, 15) is 0 Å². The molecule has 0 saturated carbocycles. The van der Waals surface area contributed by atoms with Crippen LogP contribution in [0.1, 0.15) is 50.3 Å². The molecule has 2 aromatic rings. The van der Waals surface area contributed by atoms with Crippen LogP contribution in [-0.4, -0.2) is 47.1 Å². The topological polar surface area (TPSA) is 85.9 Å². The van der Waals surface area contributed by atoms with Gasteiger partial charge in [0.25, 0.3) is 0 Å². The molecule has 0 bridgehead atoms. The lowest BCUT2D eigenvalue weighted by Gasteiger charge is -2.29. The summed E-state index contributed by atoms with van der Waals surface area (Å²) in [6.45, 7) is 8.76. The summed E-state index contributed by atoms with van der Waals surface area (Å²) in [6, 6.07) is 11.6. The van der Waals surface area contributed by atoms with E-state index in [1.807, 2.05) is 42.5 Å². The monoisotopic (exact) mass is 449 g/mol. The van der Waals surface area contributed by atoms with Crippen molar-refractivity contribution in [1.29, 1.82) is 0 Å². The molecule has 1 aliphatic heterocycles. The summed E-state index contributed by atoms with van der Waals surface area (Å²) in [4.78, 5) is 2.32. The average molecular weight is 450 g/mol. The molecule has 0 amide bonds. The molecule has 0 radical (unpaired) electrons. The van der Waals surface area contributed by atoms with Gasteiger partial charge in [0.1, 0.15) is 29.9 Å². The first-order chi connectivity index (χ1) is 16.1. The third kappa shape index (κ3) is 7.71. The highest BCUT2D eigenvalue weighted by Crippen LogP contribution is 2.25. The SMILES string of the molecule is C=C(/C=C(\C(CCCC)=N/N)c1ccc(OCc2cccnn2)cc1)OC1CCN(C)CC1. The first-order valence-corrected chi connectivity index (χ1v) is 11.6. The van der Waals surface area contributed by atoms with Crippen LogP contribution < -0.4 is 10.6 Å². The van der Waals surface area contributed by atoms with Crippen molar-refractivity contribution in [2.45, 2.75) is 51.7 Å². The zero-order valence-electron chi connectivity index (χ0n) is 19.7. The van der Waals surface area contributed by atoms with Gasteiger partial charge in [-0.1, -0.05) is 32.1 Å². The quantitative estimate of drug-likeness (QED) is 0.178. The van der Waals surface area contributed by atoms with E-state index >= 15 is 0 Å². The highest BCUT2D eigenvalue weighted by Gasteiger charge is 2.19. The van der Waals surface area contributed by atoms with E-state index in [4.69, 9.17) is 15.3 Å². The highest BCUT2D eigenvalue weighted by atomic mass is 16.5. The first kappa shape index (κ1) is 24.5. The number of piperidine rings is 1. The van der Waals surface area contributed by atoms with Gasteiger partial charge in [-0.3, -0.25) is 0 Å². The van der Waals surface area contributed by atoms with Crippen molar-refractivity contribution in [2.24, 2.45) is 10.9 Å². The lowest BCUT2D eigenvalue weighted by molar-refractivity contribution is 0.0650. The van der Waals surface area contributed by atoms with E-state index in [-0.39, 0.29) is 6.10 Å². The fourth-order valence-electron chi connectivity index (χ4n) is 3.76. The second-order valence-electron chi connectivity index (χ2n) is 8.35. The zero-order valence-corrected chi connectivity index (χ0v) is 19.7. The molecule has 0 atom stereocenters. The highest BCUT2D eigenvalue weighted by molar-refractivity contribution is 6.24. The number of hydrogen-bond acceptors (Lipinski definition) is 7. The summed E-state index contributed by atoms with van der Waals surface area (Å²) in [7, 11) is 2.14. The Morgan fingerprint density at radius 2 is 2.00 bits per heavy atom. The van der Waals surface area contributed by atoms with Gasteiger partial charge in [-0.05, 0) is 68.6 Å². The molecule has 1 aromatic heterocycles. The molecular weight excluding hydrogens is 414 g/mol. The number of unbranched alkanes of at least 4 members (excludes halogenated alkanes) is 1. The lowest BCUT2D eigenvalue weighted by Crippen LogP contribution is -2.34. The fourth-order valence-corrected chi connectivity index (χ4v) is 3.76. The Balaban J connectivity index is 1.74. The van der Waals surface area contributed by atoms with Crippen molar-refractivity contribution in [3.05, 3.63) is 72.3 Å². The van der Waals surface area contributed by atoms with E-state index < -0.39 is 0 Å². The van der Waals surface area contributed by atoms with Gasteiger partial charge in [-0.2, -0.15) is 15.3 Å². The number of allylic oxidation sites excluding steroid dienone is 2. The van der Waals surface area contributed by atoms with Crippen LogP contribution in [0.2, 0.25) is 0 Å². The molecule has 0 spiro atoms. The van der Waals surface area contributed by atoms with Crippen molar-refractivity contribution in [2.75, 3.05) is 20.1 Å². The van der Waals surface area contributed by atoms with Crippen LogP contribution in [0.15, 0.2) is 66.1 Å². The van der Waals surface area contributed by atoms with Crippen LogP contribution in [-0.2, 0) is 11.3 Å². The van der Waals surface area contributed by atoms with Gasteiger partial charge in [0.2, 0.25) is 0 Å². The van der Waals surface area contributed by atoms with Crippen molar-refractivity contribution in [3.63, 3.8) is 0 Å². The van der Waals surface area contributed by atoms with Gasteiger partial charge in [-0.25, -0.2) is 0 Å². The molecule has 0 aliphatic carbocycles. The molecule has 3 rings (SSSR count). The maximum Gasteiger partial charge on any atom is 0.132 e. The van der Waals surface area contributed by atoms with Gasteiger partial charge < -0.3 is 20.2 Å². The zero-order chi connectivity index (χ0) is 23.5. The molecule has 33 heavy (non-hydrogen) atoms. The number of ether oxygens (including phenoxy) is 2.